The predicted molar refractivity (Wildman–Crippen MR) is 48.5 cm³/mol. The van der Waals surface area contributed by atoms with Gasteiger partial charge in [-0.1, -0.05) is 34.1 Å². The predicted octanol–water partition coefficient (Wildman–Crippen LogP) is 3.65. The SMILES string of the molecule is FC(F)CCc1ccccc1Br. The molecule has 0 aliphatic rings. The Labute approximate surface area is 78.7 Å². The highest BCUT2D eigenvalue weighted by Crippen LogP contribution is 2.18. The van der Waals surface area contributed by atoms with Gasteiger partial charge in [0.2, 0.25) is 6.43 Å². The molecule has 0 amide bonds. The van der Waals surface area contributed by atoms with Gasteiger partial charge in [0.15, 0.2) is 0 Å². The zero-order chi connectivity index (χ0) is 8.97. The lowest BCUT2D eigenvalue weighted by Crippen LogP contribution is -1.94. The minimum Gasteiger partial charge on any atom is -0.211 e. The second-order valence-electron chi connectivity index (χ2n) is 2.52. The highest BCUT2D eigenvalue weighted by Gasteiger charge is 2.04. The van der Waals surface area contributed by atoms with E-state index in [1.54, 1.807) is 0 Å². The van der Waals surface area contributed by atoms with E-state index in [0.717, 1.165) is 10.0 Å². The van der Waals surface area contributed by atoms with Crippen molar-refractivity contribution in [3.8, 4) is 0 Å². The van der Waals surface area contributed by atoms with Gasteiger partial charge in [-0.3, -0.25) is 0 Å². The lowest BCUT2D eigenvalue weighted by atomic mass is 10.1. The van der Waals surface area contributed by atoms with Crippen LogP contribution in [0.1, 0.15) is 12.0 Å². The molecule has 1 rings (SSSR count). The maximum absolute atomic E-state index is 11.8. The lowest BCUT2D eigenvalue weighted by Gasteiger charge is -2.02. The van der Waals surface area contributed by atoms with Crippen molar-refractivity contribution in [1.82, 2.24) is 0 Å². The molecule has 0 fully saturated rings. The molecule has 0 nitrogen and oxygen atoms in total. The van der Waals surface area contributed by atoms with Gasteiger partial charge in [-0.15, -0.1) is 0 Å². The Morgan fingerprint density at radius 2 is 1.92 bits per heavy atom. The van der Waals surface area contributed by atoms with Crippen LogP contribution >= 0.6 is 15.9 Å². The molecule has 12 heavy (non-hydrogen) atoms. The van der Waals surface area contributed by atoms with Gasteiger partial charge in [0.05, 0.1) is 0 Å². The van der Waals surface area contributed by atoms with Crippen LogP contribution in [-0.4, -0.2) is 6.43 Å². The Hall–Kier alpha value is -0.440. The van der Waals surface area contributed by atoms with Crippen molar-refractivity contribution in [3.63, 3.8) is 0 Å². The zero-order valence-electron chi connectivity index (χ0n) is 6.43. The molecule has 0 radical (unpaired) electrons. The van der Waals surface area contributed by atoms with Crippen LogP contribution in [0.4, 0.5) is 8.78 Å². The summed E-state index contributed by atoms with van der Waals surface area (Å²) in [7, 11) is 0. The number of alkyl halides is 2. The minimum absolute atomic E-state index is 0.0669. The molecule has 0 aromatic heterocycles. The van der Waals surface area contributed by atoms with Crippen LogP contribution in [0.15, 0.2) is 28.7 Å². The van der Waals surface area contributed by atoms with Gasteiger partial charge in [0.1, 0.15) is 0 Å². The molecule has 0 aliphatic carbocycles. The molecule has 66 valence electrons. The summed E-state index contributed by atoms with van der Waals surface area (Å²) in [6, 6.07) is 7.44. The van der Waals surface area contributed by atoms with E-state index in [4.69, 9.17) is 0 Å². The molecule has 0 N–H and O–H groups in total. The van der Waals surface area contributed by atoms with Crippen LogP contribution in [0.3, 0.4) is 0 Å². The Morgan fingerprint density at radius 3 is 2.50 bits per heavy atom. The molecule has 0 aliphatic heterocycles. The summed E-state index contributed by atoms with van der Waals surface area (Å²) in [5, 5.41) is 0. The first-order valence-electron chi connectivity index (χ1n) is 3.71. The number of benzene rings is 1. The summed E-state index contributed by atoms with van der Waals surface area (Å²) in [6.07, 6.45) is -1.85. The average molecular weight is 235 g/mol. The van der Waals surface area contributed by atoms with Gasteiger partial charge in [0, 0.05) is 10.9 Å². The van der Waals surface area contributed by atoms with Crippen LogP contribution in [0.25, 0.3) is 0 Å². The Bertz CT molecular complexity index is 248. The molecule has 0 spiro atoms. The summed E-state index contributed by atoms with van der Waals surface area (Å²) in [5.74, 6) is 0. The first kappa shape index (κ1) is 9.65. The van der Waals surface area contributed by atoms with E-state index in [2.05, 4.69) is 15.9 Å². The topological polar surface area (TPSA) is 0 Å². The van der Waals surface area contributed by atoms with Crippen LogP contribution in [0, 0.1) is 0 Å². The first-order chi connectivity index (χ1) is 5.70. The maximum Gasteiger partial charge on any atom is 0.239 e. The summed E-state index contributed by atoms with van der Waals surface area (Å²) in [6.45, 7) is 0. The standard InChI is InChI=1S/C9H9BrF2/c10-8-4-2-1-3-7(8)5-6-9(11)12/h1-4,9H,5-6H2. The van der Waals surface area contributed by atoms with Crippen molar-refractivity contribution < 1.29 is 8.78 Å². The fraction of sp³-hybridized carbons (Fsp3) is 0.333. The third-order valence-corrected chi connectivity index (χ3v) is 2.36. The second-order valence-corrected chi connectivity index (χ2v) is 3.38. The second kappa shape index (κ2) is 4.55. The Balaban J connectivity index is 2.57. The number of aryl methyl sites for hydroxylation is 1. The minimum atomic E-state index is -2.21. The Kier molecular flexibility index (Phi) is 3.66. The van der Waals surface area contributed by atoms with Crippen molar-refractivity contribution in [2.75, 3.05) is 0 Å². The summed E-state index contributed by atoms with van der Waals surface area (Å²) in [5.41, 5.74) is 0.942. The molecule has 0 unspecified atom stereocenters. The monoisotopic (exact) mass is 234 g/mol. The van der Waals surface area contributed by atoms with Gasteiger partial charge >= 0.3 is 0 Å². The molecule has 0 atom stereocenters. The molecular weight excluding hydrogens is 226 g/mol. The highest BCUT2D eigenvalue weighted by molar-refractivity contribution is 9.10. The quantitative estimate of drug-likeness (QED) is 0.750. The highest BCUT2D eigenvalue weighted by atomic mass is 79.9. The normalized spacial score (nSPS) is 10.7. The maximum atomic E-state index is 11.8. The van der Waals surface area contributed by atoms with Crippen molar-refractivity contribution in [3.05, 3.63) is 34.3 Å². The van der Waals surface area contributed by atoms with Gasteiger partial charge in [-0.2, -0.15) is 0 Å². The fourth-order valence-electron chi connectivity index (χ4n) is 0.966. The van der Waals surface area contributed by atoms with E-state index >= 15 is 0 Å². The van der Waals surface area contributed by atoms with Gasteiger partial charge < -0.3 is 0 Å². The lowest BCUT2D eigenvalue weighted by molar-refractivity contribution is 0.138. The molecular formula is C9H9BrF2. The molecule has 0 heterocycles. The number of halogens is 3. The third kappa shape index (κ3) is 2.89. The van der Waals surface area contributed by atoms with Crippen molar-refractivity contribution in [1.29, 1.82) is 0 Å². The number of hydrogen-bond acceptors (Lipinski definition) is 0. The summed E-state index contributed by atoms with van der Waals surface area (Å²) >= 11 is 3.30. The zero-order valence-corrected chi connectivity index (χ0v) is 8.02. The van der Waals surface area contributed by atoms with Crippen LogP contribution in [0.5, 0.6) is 0 Å². The first-order valence-corrected chi connectivity index (χ1v) is 4.51. The van der Waals surface area contributed by atoms with E-state index in [9.17, 15) is 8.78 Å². The Morgan fingerprint density at radius 1 is 1.25 bits per heavy atom. The van der Waals surface area contributed by atoms with Crippen LogP contribution in [-0.2, 0) is 6.42 Å². The number of rotatable bonds is 3. The van der Waals surface area contributed by atoms with E-state index in [1.807, 2.05) is 24.3 Å². The molecule has 0 saturated carbocycles. The third-order valence-electron chi connectivity index (χ3n) is 1.59. The van der Waals surface area contributed by atoms with E-state index in [1.165, 1.54) is 0 Å². The molecule has 0 saturated heterocycles. The molecule has 3 heteroatoms. The van der Waals surface area contributed by atoms with Gasteiger partial charge in [-0.05, 0) is 18.1 Å². The molecule has 1 aromatic rings. The number of hydrogen-bond donors (Lipinski definition) is 0. The average Bonchev–Trinajstić information content (AvgIpc) is 2.03. The van der Waals surface area contributed by atoms with Crippen molar-refractivity contribution in [2.24, 2.45) is 0 Å². The van der Waals surface area contributed by atoms with Crippen molar-refractivity contribution >= 4 is 15.9 Å². The van der Waals surface area contributed by atoms with Crippen molar-refractivity contribution in [2.45, 2.75) is 19.3 Å². The molecule has 1 aromatic carbocycles. The fourth-order valence-corrected chi connectivity index (χ4v) is 1.45. The van der Waals surface area contributed by atoms with Gasteiger partial charge in [0.25, 0.3) is 0 Å². The summed E-state index contributed by atoms with van der Waals surface area (Å²) < 4.78 is 24.6. The van der Waals surface area contributed by atoms with Crippen LogP contribution < -0.4 is 0 Å². The van der Waals surface area contributed by atoms with E-state index in [-0.39, 0.29) is 6.42 Å². The molecule has 0 bridgehead atoms. The summed E-state index contributed by atoms with van der Waals surface area (Å²) in [4.78, 5) is 0. The van der Waals surface area contributed by atoms with Gasteiger partial charge in [-0.25, -0.2) is 8.78 Å². The largest absolute Gasteiger partial charge is 0.239 e. The van der Waals surface area contributed by atoms with E-state index < -0.39 is 6.43 Å². The smallest absolute Gasteiger partial charge is 0.211 e. The van der Waals surface area contributed by atoms with E-state index in [0.29, 0.717) is 6.42 Å². The van der Waals surface area contributed by atoms with Crippen LogP contribution in [0.2, 0.25) is 0 Å².